The van der Waals surface area contributed by atoms with Crippen molar-refractivity contribution in [3.63, 3.8) is 0 Å². The zero-order valence-electron chi connectivity index (χ0n) is 15.6. The number of thiophene rings is 2. The van der Waals surface area contributed by atoms with E-state index in [0.29, 0.717) is 0 Å². The first kappa shape index (κ1) is 16.5. The number of hydrogen-bond acceptors (Lipinski definition) is 3. The highest BCUT2D eigenvalue weighted by molar-refractivity contribution is 7.98. The summed E-state index contributed by atoms with van der Waals surface area (Å²) in [4.78, 5) is 2.84. The van der Waals surface area contributed by atoms with Gasteiger partial charge in [-0.05, 0) is 41.3 Å². The summed E-state index contributed by atoms with van der Waals surface area (Å²) in [5.41, 5.74) is 5.94. The SMILES string of the molecule is C1=CCc2c(sc3c4c(c5c6ccccc6sc5c23)CSc2ccccc2-4)C=C1. The molecular weight excluding hydrogens is 408 g/mol. The second kappa shape index (κ2) is 6.09. The molecule has 3 heterocycles. The third-order valence-corrected chi connectivity index (χ3v) is 9.54. The minimum atomic E-state index is 1.01. The van der Waals surface area contributed by atoms with Gasteiger partial charge in [0.25, 0.3) is 0 Å². The van der Waals surface area contributed by atoms with Crippen molar-refractivity contribution in [2.75, 3.05) is 0 Å². The van der Waals surface area contributed by atoms with Crippen LogP contribution in [0.2, 0.25) is 0 Å². The van der Waals surface area contributed by atoms with Gasteiger partial charge in [0.1, 0.15) is 0 Å². The minimum absolute atomic E-state index is 1.01. The second-order valence-corrected chi connectivity index (χ2v) is 10.7. The predicted octanol–water partition coefficient (Wildman–Crippen LogP) is 8.67. The molecule has 2 aromatic heterocycles. The van der Waals surface area contributed by atoms with Crippen LogP contribution in [0.15, 0.2) is 71.7 Å². The monoisotopic (exact) mass is 424 g/mol. The quantitative estimate of drug-likeness (QED) is 0.240. The van der Waals surface area contributed by atoms with Gasteiger partial charge in [-0.2, -0.15) is 0 Å². The van der Waals surface area contributed by atoms with E-state index < -0.39 is 0 Å². The Kier molecular flexibility index (Phi) is 3.45. The maximum absolute atomic E-state index is 2.32. The lowest BCUT2D eigenvalue weighted by Crippen LogP contribution is -1.97. The van der Waals surface area contributed by atoms with Crippen LogP contribution >= 0.6 is 34.4 Å². The van der Waals surface area contributed by atoms with Crippen molar-refractivity contribution in [2.45, 2.75) is 17.1 Å². The minimum Gasteiger partial charge on any atom is -0.135 e. The lowest BCUT2D eigenvalue weighted by molar-refractivity contribution is 1.32. The van der Waals surface area contributed by atoms with E-state index in [4.69, 9.17) is 0 Å². The fraction of sp³-hybridized carbons (Fsp3) is 0.0769. The van der Waals surface area contributed by atoms with E-state index in [-0.39, 0.29) is 0 Å². The average molecular weight is 425 g/mol. The molecule has 0 radical (unpaired) electrons. The molecule has 0 amide bonds. The molecule has 29 heavy (non-hydrogen) atoms. The van der Waals surface area contributed by atoms with Gasteiger partial charge in [-0.3, -0.25) is 0 Å². The van der Waals surface area contributed by atoms with Gasteiger partial charge >= 0.3 is 0 Å². The fourth-order valence-electron chi connectivity index (χ4n) is 4.81. The zero-order valence-corrected chi connectivity index (χ0v) is 18.0. The lowest BCUT2D eigenvalue weighted by atomic mass is 9.92. The molecule has 0 bridgehead atoms. The molecule has 2 aliphatic rings. The zero-order chi connectivity index (χ0) is 18.9. The molecule has 7 rings (SSSR count). The Hall–Kier alpha value is -2.33. The van der Waals surface area contributed by atoms with Crippen LogP contribution in [0, 0.1) is 0 Å². The Morgan fingerprint density at radius 3 is 2.66 bits per heavy atom. The molecule has 138 valence electrons. The Bertz CT molecular complexity index is 1520. The summed E-state index contributed by atoms with van der Waals surface area (Å²) in [6.07, 6.45) is 10.0. The number of hydrogen-bond donors (Lipinski definition) is 0. The van der Waals surface area contributed by atoms with Crippen molar-refractivity contribution in [1.82, 2.24) is 0 Å². The van der Waals surface area contributed by atoms with E-state index in [1.165, 1.54) is 62.3 Å². The van der Waals surface area contributed by atoms with Crippen LogP contribution in [0.5, 0.6) is 0 Å². The molecule has 0 unspecified atom stereocenters. The number of allylic oxidation sites excluding steroid dienone is 3. The normalized spacial score (nSPS) is 14.9. The van der Waals surface area contributed by atoms with Crippen LogP contribution in [0.1, 0.15) is 16.0 Å². The van der Waals surface area contributed by atoms with Gasteiger partial charge in [-0.1, -0.05) is 54.6 Å². The Labute approximate surface area is 181 Å². The molecule has 0 nitrogen and oxygen atoms in total. The van der Waals surface area contributed by atoms with Crippen LogP contribution in [0.25, 0.3) is 47.5 Å². The highest BCUT2D eigenvalue weighted by Crippen LogP contribution is 2.54. The molecule has 0 N–H and O–H groups in total. The maximum atomic E-state index is 2.32. The van der Waals surface area contributed by atoms with E-state index in [9.17, 15) is 0 Å². The third kappa shape index (κ3) is 2.21. The van der Waals surface area contributed by atoms with Crippen molar-refractivity contribution in [3.05, 3.63) is 82.8 Å². The maximum Gasteiger partial charge on any atom is 0.0448 e. The summed E-state index contributed by atoms with van der Waals surface area (Å²) < 4.78 is 4.37. The highest BCUT2D eigenvalue weighted by atomic mass is 32.2. The van der Waals surface area contributed by atoms with Crippen LogP contribution in [0.4, 0.5) is 0 Å². The van der Waals surface area contributed by atoms with E-state index in [2.05, 4.69) is 72.8 Å². The predicted molar refractivity (Wildman–Crippen MR) is 132 cm³/mol. The molecule has 1 aliphatic heterocycles. The molecule has 3 heteroatoms. The van der Waals surface area contributed by atoms with Gasteiger partial charge in [-0.25, -0.2) is 0 Å². The lowest BCUT2D eigenvalue weighted by Gasteiger charge is -2.21. The fourth-order valence-corrected chi connectivity index (χ4v) is 8.61. The molecule has 0 spiro atoms. The standard InChI is InChI=1S/C26H16S3/c1-2-8-17-21(12-3-1)29-25-22-15-9-4-6-11-19(15)27-14-18(22)23-16-10-5-7-13-20(16)28-26(23)24(17)25/h1-7,9-13H,8,14H2. The van der Waals surface area contributed by atoms with Gasteiger partial charge in [0.05, 0.1) is 0 Å². The molecule has 0 fully saturated rings. The molecule has 1 aliphatic carbocycles. The van der Waals surface area contributed by atoms with Crippen LogP contribution in [0.3, 0.4) is 0 Å². The average Bonchev–Trinajstić information content (AvgIpc) is 3.23. The number of fused-ring (bicyclic) bond motifs is 12. The summed E-state index contributed by atoms with van der Waals surface area (Å²) in [7, 11) is 0. The van der Waals surface area contributed by atoms with E-state index in [0.717, 1.165) is 12.2 Å². The summed E-state index contributed by atoms with van der Waals surface area (Å²) >= 11 is 5.95. The van der Waals surface area contributed by atoms with Gasteiger partial charge in [0, 0.05) is 51.3 Å². The largest absolute Gasteiger partial charge is 0.135 e. The van der Waals surface area contributed by atoms with Gasteiger partial charge in [0.2, 0.25) is 0 Å². The van der Waals surface area contributed by atoms with E-state index in [1.807, 2.05) is 34.4 Å². The topological polar surface area (TPSA) is 0 Å². The number of rotatable bonds is 0. The van der Waals surface area contributed by atoms with Crippen molar-refractivity contribution in [1.29, 1.82) is 0 Å². The van der Waals surface area contributed by atoms with Crippen molar-refractivity contribution in [2.24, 2.45) is 0 Å². The van der Waals surface area contributed by atoms with E-state index in [1.54, 1.807) is 0 Å². The number of benzene rings is 3. The van der Waals surface area contributed by atoms with Crippen molar-refractivity contribution >= 4 is 70.8 Å². The summed E-state index contributed by atoms with van der Waals surface area (Å²) in [6.45, 7) is 0. The highest BCUT2D eigenvalue weighted by Gasteiger charge is 2.27. The van der Waals surface area contributed by atoms with Gasteiger partial charge in [-0.15, -0.1) is 34.4 Å². The number of thioether (sulfide) groups is 1. The van der Waals surface area contributed by atoms with Gasteiger partial charge in [0.15, 0.2) is 0 Å². The summed E-state index contributed by atoms with van der Waals surface area (Å²) in [5.74, 6) is 1.05. The molecule has 5 aromatic rings. The Morgan fingerprint density at radius 2 is 1.66 bits per heavy atom. The third-order valence-electron chi connectivity index (χ3n) is 6.04. The Balaban J connectivity index is 1.77. The first-order valence-electron chi connectivity index (χ1n) is 9.87. The summed E-state index contributed by atoms with van der Waals surface area (Å²) in [5, 5.41) is 4.41. The Morgan fingerprint density at radius 1 is 0.759 bits per heavy atom. The molecule has 0 saturated carbocycles. The molecular formula is C26H16S3. The van der Waals surface area contributed by atoms with Crippen molar-refractivity contribution < 1.29 is 0 Å². The van der Waals surface area contributed by atoms with Crippen molar-refractivity contribution in [3.8, 4) is 11.1 Å². The van der Waals surface area contributed by atoms with Crippen LogP contribution in [-0.2, 0) is 12.2 Å². The first-order valence-corrected chi connectivity index (χ1v) is 12.5. The van der Waals surface area contributed by atoms with Gasteiger partial charge < -0.3 is 0 Å². The smallest absolute Gasteiger partial charge is 0.0448 e. The summed E-state index contributed by atoms with van der Waals surface area (Å²) in [6, 6.07) is 17.9. The second-order valence-electron chi connectivity index (χ2n) is 7.58. The van der Waals surface area contributed by atoms with E-state index >= 15 is 0 Å². The van der Waals surface area contributed by atoms with Crippen LogP contribution in [-0.4, -0.2) is 0 Å². The van der Waals surface area contributed by atoms with Crippen LogP contribution < -0.4 is 0 Å². The molecule has 0 saturated heterocycles. The molecule has 0 atom stereocenters. The first-order chi connectivity index (χ1) is 14.4. The molecule has 3 aromatic carbocycles.